The second kappa shape index (κ2) is 7.38. The Morgan fingerprint density at radius 1 is 1.43 bits per heavy atom. The van der Waals surface area contributed by atoms with Gasteiger partial charge in [-0.15, -0.1) is 0 Å². The van der Waals surface area contributed by atoms with Gasteiger partial charge in [-0.05, 0) is 46.6 Å². The van der Waals surface area contributed by atoms with Crippen molar-refractivity contribution in [2.75, 3.05) is 17.2 Å². The highest BCUT2D eigenvalue weighted by Gasteiger charge is 2.11. The third-order valence-corrected chi connectivity index (χ3v) is 3.43. The summed E-state index contributed by atoms with van der Waals surface area (Å²) in [6, 6.07) is 5.34. The lowest BCUT2D eigenvalue weighted by Gasteiger charge is -2.11. The fourth-order valence-corrected chi connectivity index (χ4v) is 2.32. The molecule has 0 spiro atoms. The lowest BCUT2D eigenvalue weighted by Crippen LogP contribution is -2.16. The van der Waals surface area contributed by atoms with E-state index in [1.54, 1.807) is 30.6 Å². The molecule has 0 aliphatic heterocycles. The van der Waals surface area contributed by atoms with Crippen molar-refractivity contribution in [1.82, 2.24) is 9.97 Å². The Morgan fingerprint density at radius 3 is 3.00 bits per heavy atom. The van der Waals surface area contributed by atoms with Gasteiger partial charge in [0.05, 0.1) is 12.1 Å². The predicted molar refractivity (Wildman–Crippen MR) is 87.7 cm³/mol. The molecule has 0 saturated carbocycles. The van der Waals surface area contributed by atoms with Crippen molar-refractivity contribution >= 4 is 44.9 Å². The Balaban J connectivity index is 2.10. The fraction of sp³-hybridized carbons (Fsp3) is 0.214. The summed E-state index contributed by atoms with van der Waals surface area (Å²) in [5.74, 6) is 0.468. The highest BCUT2D eigenvalue weighted by molar-refractivity contribution is 9.10. The molecule has 2 aromatic heterocycles. The maximum atomic E-state index is 12.1. The molecule has 0 bridgehead atoms. The average Bonchev–Trinajstić information content (AvgIpc) is 2.45. The first-order valence-electron chi connectivity index (χ1n) is 6.38. The minimum Gasteiger partial charge on any atom is -0.369 e. The maximum Gasteiger partial charge on any atom is 0.229 e. The van der Waals surface area contributed by atoms with Gasteiger partial charge in [0, 0.05) is 23.4 Å². The van der Waals surface area contributed by atoms with E-state index in [1.807, 2.05) is 6.92 Å². The molecule has 1 amide bonds. The van der Waals surface area contributed by atoms with Crippen molar-refractivity contribution in [2.45, 2.75) is 13.3 Å². The Labute approximate surface area is 136 Å². The molecule has 0 aromatic carbocycles. The second-order valence-corrected chi connectivity index (χ2v) is 5.53. The highest BCUT2D eigenvalue weighted by Crippen LogP contribution is 2.21. The third kappa shape index (κ3) is 4.41. The van der Waals surface area contributed by atoms with Gasteiger partial charge in [-0.3, -0.25) is 4.79 Å². The van der Waals surface area contributed by atoms with Crippen LogP contribution in [0.2, 0.25) is 5.15 Å². The number of pyridine rings is 2. The number of anilines is 2. The van der Waals surface area contributed by atoms with E-state index in [-0.39, 0.29) is 12.3 Å². The fourth-order valence-electron chi connectivity index (χ4n) is 1.77. The van der Waals surface area contributed by atoms with E-state index in [0.717, 1.165) is 11.0 Å². The molecule has 0 unspecified atom stereocenters. The molecule has 0 aliphatic carbocycles. The number of nitrogens with zero attached hydrogens (tertiary/aromatic N) is 2. The Bertz CT molecular complexity index is 651. The number of halogens is 2. The number of carbonyl (C=O) groups is 1. The van der Waals surface area contributed by atoms with Crippen LogP contribution in [-0.4, -0.2) is 22.4 Å². The molecule has 110 valence electrons. The monoisotopic (exact) mass is 368 g/mol. The Kier molecular flexibility index (Phi) is 5.52. The van der Waals surface area contributed by atoms with Gasteiger partial charge >= 0.3 is 0 Å². The van der Waals surface area contributed by atoms with Gasteiger partial charge in [-0.25, -0.2) is 9.97 Å². The normalized spacial score (nSPS) is 10.2. The predicted octanol–water partition coefficient (Wildman–Crippen LogP) is 3.51. The molecule has 0 saturated heterocycles. The van der Waals surface area contributed by atoms with Gasteiger partial charge in [0.25, 0.3) is 0 Å². The molecule has 0 aliphatic rings. The van der Waals surface area contributed by atoms with Crippen molar-refractivity contribution in [2.24, 2.45) is 0 Å². The van der Waals surface area contributed by atoms with Gasteiger partial charge in [-0.1, -0.05) is 11.6 Å². The smallest absolute Gasteiger partial charge is 0.229 e. The third-order valence-electron chi connectivity index (χ3n) is 2.66. The lowest BCUT2D eigenvalue weighted by molar-refractivity contribution is -0.115. The number of hydrogen-bond acceptors (Lipinski definition) is 4. The summed E-state index contributed by atoms with van der Waals surface area (Å²) >= 11 is 9.30. The van der Waals surface area contributed by atoms with Crippen LogP contribution < -0.4 is 10.6 Å². The van der Waals surface area contributed by atoms with E-state index >= 15 is 0 Å². The zero-order valence-electron chi connectivity index (χ0n) is 11.4. The van der Waals surface area contributed by atoms with E-state index in [9.17, 15) is 4.79 Å². The number of nitrogens with one attached hydrogen (secondary N) is 2. The SMILES string of the molecule is CCNc1ncccc1NC(=O)Cc1cc(Br)cnc1Cl. The number of hydrogen-bond donors (Lipinski definition) is 2. The van der Waals surface area contributed by atoms with Crippen LogP contribution in [0.5, 0.6) is 0 Å². The molecule has 5 nitrogen and oxygen atoms in total. The van der Waals surface area contributed by atoms with E-state index in [1.165, 1.54) is 0 Å². The van der Waals surface area contributed by atoms with Gasteiger partial charge in [0.1, 0.15) is 11.0 Å². The van der Waals surface area contributed by atoms with Crippen molar-refractivity contribution in [3.63, 3.8) is 0 Å². The topological polar surface area (TPSA) is 66.9 Å². The lowest BCUT2D eigenvalue weighted by atomic mass is 10.2. The molecule has 2 aromatic rings. The summed E-state index contributed by atoms with van der Waals surface area (Å²) < 4.78 is 0.782. The molecule has 2 heterocycles. The highest BCUT2D eigenvalue weighted by atomic mass is 79.9. The molecule has 21 heavy (non-hydrogen) atoms. The molecule has 2 rings (SSSR count). The zero-order chi connectivity index (χ0) is 15.2. The first-order valence-corrected chi connectivity index (χ1v) is 7.56. The molecule has 0 atom stereocenters. The van der Waals surface area contributed by atoms with E-state index in [4.69, 9.17) is 11.6 Å². The number of aromatic nitrogens is 2. The van der Waals surface area contributed by atoms with Crippen LogP contribution in [0.1, 0.15) is 12.5 Å². The Hall–Kier alpha value is -1.66. The first kappa shape index (κ1) is 15.7. The largest absolute Gasteiger partial charge is 0.369 e. The molecular weight excluding hydrogens is 356 g/mol. The van der Waals surface area contributed by atoms with Crippen molar-refractivity contribution in [1.29, 1.82) is 0 Å². The summed E-state index contributed by atoms with van der Waals surface area (Å²) in [6.45, 7) is 2.69. The van der Waals surface area contributed by atoms with Crippen LogP contribution in [-0.2, 0) is 11.2 Å². The number of carbonyl (C=O) groups excluding carboxylic acids is 1. The Morgan fingerprint density at radius 2 is 2.24 bits per heavy atom. The van der Waals surface area contributed by atoms with Gasteiger partial charge < -0.3 is 10.6 Å². The molecule has 0 radical (unpaired) electrons. The van der Waals surface area contributed by atoms with Gasteiger partial charge in [0.15, 0.2) is 0 Å². The summed E-state index contributed by atoms with van der Waals surface area (Å²) in [4.78, 5) is 20.3. The van der Waals surface area contributed by atoms with Gasteiger partial charge in [-0.2, -0.15) is 0 Å². The number of amides is 1. The average molecular weight is 370 g/mol. The number of rotatable bonds is 5. The first-order chi connectivity index (χ1) is 10.1. The van der Waals surface area contributed by atoms with Crippen LogP contribution in [0.4, 0.5) is 11.5 Å². The van der Waals surface area contributed by atoms with Crippen molar-refractivity contribution < 1.29 is 4.79 Å². The molecule has 7 heteroatoms. The quantitative estimate of drug-likeness (QED) is 0.792. The van der Waals surface area contributed by atoms with Crippen LogP contribution in [0, 0.1) is 0 Å². The minimum atomic E-state index is -0.177. The summed E-state index contributed by atoms with van der Waals surface area (Å²) in [5, 5.41) is 6.24. The van der Waals surface area contributed by atoms with Crippen molar-refractivity contribution in [3.05, 3.63) is 45.8 Å². The van der Waals surface area contributed by atoms with E-state index in [0.29, 0.717) is 22.2 Å². The van der Waals surface area contributed by atoms with Crippen LogP contribution in [0.25, 0.3) is 0 Å². The molecular formula is C14H14BrClN4O. The summed E-state index contributed by atoms with van der Waals surface area (Å²) in [6.07, 6.45) is 3.41. The van der Waals surface area contributed by atoms with Crippen molar-refractivity contribution in [3.8, 4) is 0 Å². The standard InChI is InChI=1S/C14H14BrClN4O/c1-2-17-14-11(4-3-5-18-14)20-12(21)7-9-6-10(15)8-19-13(9)16/h3-6,8H,2,7H2,1H3,(H,17,18)(H,20,21). The van der Waals surface area contributed by atoms with E-state index in [2.05, 4.69) is 36.5 Å². The maximum absolute atomic E-state index is 12.1. The molecule has 0 fully saturated rings. The van der Waals surface area contributed by atoms with Crippen LogP contribution in [0.15, 0.2) is 35.1 Å². The second-order valence-electron chi connectivity index (χ2n) is 4.26. The van der Waals surface area contributed by atoms with Gasteiger partial charge in [0.2, 0.25) is 5.91 Å². The summed E-state index contributed by atoms with van der Waals surface area (Å²) in [5.41, 5.74) is 1.31. The zero-order valence-corrected chi connectivity index (χ0v) is 13.7. The molecule has 2 N–H and O–H groups in total. The van der Waals surface area contributed by atoms with Crippen LogP contribution >= 0.6 is 27.5 Å². The minimum absolute atomic E-state index is 0.145. The van der Waals surface area contributed by atoms with E-state index < -0.39 is 0 Å². The van der Waals surface area contributed by atoms with Crippen LogP contribution in [0.3, 0.4) is 0 Å². The summed E-state index contributed by atoms with van der Waals surface area (Å²) in [7, 11) is 0.